The van der Waals surface area contributed by atoms with E-state index < -0.39 is 0 Å². The normalized spacial score (nSPS) is 32.4. The maximum Gasteiger partial charge on any atom is 0.0613 e. The van der Waals surface area contributed by atoms with E-state index in [4.69, 9.17) is 10.5 Å². The van der Waals surface area contributed by atoms with Gasteiger partial charge in [0.1, 0.15) is 0 Å². The Kier molecular flexibility index (Phi) is 4.85. The van der Waals surface area contributed by atoms with E-state index in [0.717, 1.165) is 45.3 Å². The van der Waals surface area contributed by atoms with Crippen molar-refractivity contribution in [3.63, 3.8) is 0 Å². The molecule has 0 bridgehead atoms. The smallest absolute Gasteiger partial charge is 0.0613 e. The van der Waals surface area contributed by atoms with Gasteiger partial charge in [-0.2, -0.15) is 0 Å². The second kappa shape index (κ2) is 5.69. The molecule has 0 heterocycles. The summed E-state index contributed by atoms with van der Waals surface area (Å²) in [6.45, 7) is 3.85. The fourth-order valence-electron chi connectivity index (χ4n) is 2.28. The van der Waals surface area contributed by atoms with Crippen LogP contribution in [0.5, 0.6) is 0 Å². The van der Waals surface area contributed by atoms with Gasteiger partial charge in [0.25, 0.3) is 0 Å². The zero-order valence-electron chi connectivity index (χ0n) is 9.17. The third-order valence-corrected chi connectivity index (χ3v) is 3.26. The highest BCUT2D eigenvalue weighted by atomic mass is 16.5. The highest BCUT2D eigenvalue weighted by Crippen LogP contribution is 2.35. The van der Waals surface area contributed by atoms with Crippen LogP contribution < -0.4 is 5.73 Å². The maximum atomic E-state index is 9.23. The summed E-state index contributed by atoms with van der Waals surface area (Å²) < 4.78 is 5.45. The third kappa shape index (κ3) is 2.94. The van der Waals surface area contributed by atoms with E-state index in [-0.39, 0.29) is 12.1 Å². The van der Waals surface area contributed by atoms with E-state index in [2.05, 4.69) is 6.92 Å². The summed E-state index contributed by atoms with van der Waals surface area (Å²) in [5.74, 6) is 0.448. The van der Waals surface area contributed by atoms with Crippen molar-refractivity contribution in [1.82, 2.24) is 0 Å². The van der Waals surface area contributed by atoms with E-state index in [9.17, 15) is 5.11 Å². The molecule has 3 N–H and O–H groups in total. The van der Waals surface area contributed by atoms with E-state index in [0.29, 0.717) is 5.92 Å². The molecule has 0 spiro atoms. The average molecular weight is 201 g/mol. The van der Waals surface area contributed by atoms with Crippen LogP contribution in [0.3, 0.4) is 0 Å². The lowest BCUT2D eigenvalue weighted by molar-refractivity contribution is 0.0947. The molecule has 1 rings (SSSR count). The molecule has 1 saturated carbocycles. The first-order valence-corrected chi connectivity index (χ1v) is 5.70. The van der Waals surface area contributed by atoms with Gasteiger partial charge in [-0.25, -0.2) is 0 Å². The Morgan fingerprint density at radius 2 is 2.29 bits per heavy atom. The van der Waals surface area contributed by atoms with Gasteiger partial charge in [0, 0.05) is 18.8 Å². The number of aliphatic hydroxyl groups excluding tert-OH is 1. The minimum Gasteiger partial charge on any atom is -0.394 e. The van der Waals surface area contributed by atoms with Crippen LogP contribution in [0.2, 0.25) is 0 Å². The first-order valence-electron chi connectivity index (χ1n) is 5.70. The summed E-state index contributed by atoms with van der Waals surface area (Å²) in [6.07, 6.45) is 5.32. The van der Waals surface area contributed by atoms with Crippen LogP contribution in [-0.4, -0.2) is 30.5 Å². The van der Waals surface area contributed by atoms with E-state index in [1.165, 1.54) is 0 Å². The number of nitrogens with two attached hydrogens (primary N) is 1. The van der Waals surface area contributed by atoms with Crippen LogP contribution >= 0.6 is 0 Å². The van der Waals surface area contributed by atoms with Gasteiger partial charge in [-0.05, 0) is 31.6 Å². The zero-order valence-corrected chi connectivity index (χ0v) is 9.17. The first-order chi connectivity index (χ1) is 6.73. The van der Waals surface area contributed by atoms with Crippen molar-refractivity contribution in [1.29, 1.82) is 0 Å². The molecule has 0 aromatic heterocycles. The largest absolute Gasteiger partial charge is 0.394 e. The second-order valence-electron chi connectivity index (χ2n) is 4.38. The molecule has 1 aliphatic rings. The molecular formula is C11H23NO2. The van der Waals surface area contributed by atoms with Gasteiger partial charge >= 0.3 is 0 Å². The predicted molar refractivity (Wildman–Crippen MR) is 57.1 cm³/mol. The molecule has 2 unspecified atom stereocenters. The Morgan fingerprint density at radius 1 is 1.50 bits per heavy atom. The van der Waals surface area contributed by atoms with Crippen LogP contribution in [0, 0.1) is 5.92 Å². The lowest BCUT2D eigenvalue weighted by Crippen LogP contribution is -2.47. The Morgan fingerprint density at radius 3 is 2.93 bits per heavy atom. The number of ether oxygens (including phenoxy) is 1. The summed E-state index contributed by atoms with van der Waals surface area (Å²) >= 11 is 0. The molecule has 3 heteroatoms. The molecule has 0 aromatic carbocycles. The third-order valence-electron chi connectivity index (χ3n) is 3.26. The second-order valence-corrected chi connectivity index (χ2v) is 4.38. The van der Waals surface area contributed by atoms with Gasteiger partial charge < -0.3 is 15.6 Å². The number of rotatable bonds is 6. The Hall–Kier alpha value is -0.120. The summed E-state index contributed by atoms with van der Waals surface area (Å²) in [4.78, 5) is 0. The highest BCUT2D eigenvalue weighted by Gasteiger charge is 2.38. The fourth-order valence-corrected chi connectivity index (χ4v) is 2.28. The molecule has 1 aliphatic carbocycles. The molecule has 3 nitrogen and oxygen atoms in total. The Bertz CT molecular complexity index is 163. The molecule has 2 atom stereocenters. The summed E-state index contributed by atoms with van der Waals surface area (Å²) in [5.41, 5.74) is 5.79. The standard InChI is InChI=1S/C11H23NO2/c1-2-7-14-8-5-10-4-3-6-11(10,12)9-13/h10,13H,2-9,12H2,1H3. The maximum absolute atomic E-state index is 9.23. The molecule has 84 valence electrons. The van der Waals surface area contributed by atoms with Crippen LogP contribution in [-0.2, 0) is 4.74 Å². The molecular weight excluding hydrogens is 178 g/mol. The van der Waals surface area contributed by atoms with Crippen molar-refractivity contribution in [3.8, 4) is 0 Å². The quantitative estimate of drug-likeness (QED) is 0.637. The van der Waals surface area contributed by atoms with Crippen LogP contribution in [0.1, 0.15) is 39.0 Å². The average Bonchev–Trinajstić information content (AvgIpc) is 2.56. The zero-order chi connectivity index (χ0) is 10.4. The summed E-state index contributed by atoms with van der Waals surface area (Å²) in [5, 5.41) is 9.23. The summed E-state index contributed by atoms with van der Waals surface area (Å²) in [7, 11) is 0. The lowest BCUT2D eigenvalue weighted by Gasteiger charge is -2.29. The van der Waals surface area contributed by atoms with Crippen molar-refractivity contribution in [2.24, 2.45) is 11.7 Å². The molecule has 0 amide bonds. The molecule has 0 radical (unpaired) electrons. The predicted octanol–water partition coefficient (Wildman–Crippen LogP) is 1.29. The molecule has 14 heavy (non-hydrogen) atoms. The lowest BCUT2D eigenvalue weighted by atomic mass is 9.87. The monoisotopic (exact) mass is 201 g/mol. The molecule has 1 fully saturated rings. The van der Waals surface area contributed by atoms with Gasteiger partial charge in [0.05, 0.1) is 6.61 Å². The van der Waals surface area contributed by atoms with Gasteiger partial charge in [-0.15, -0.1) is 0 Å². The van der Waals surface area contributed by atoms with Crippen molar-refractivity contribution in [3.05, 3.63) is 0 Å². The van der Waals surface area contributed by atoms with E-state index in [1.54, 1.807) is 0 Å². The van der Waals surface area contributed by atoms with Gasteiger partial charge in [-0.1, -0.05) is 13.3 Å². The van der Waals surface area contributed by atoms with Crippen molar-refractivity contribution in [2.75, 3.05) is 19.8 Å². The van der Waals surface area contributed by atoms with Crippen LogP contribution in [0.25, 0.3) is 0 Å². The van der Waals surface area contributed by atoms with Crippen molar-refractivity contribution >= 4 is 0 Å². The number of aliphatic hydroxyl groups is 1. The Balaban J connectivity index is 2.22. The number of hydrogen-bond acceptors (Lipinski definition) is 3. The van der Waals surface area contributed by atoms with Gasteiger partial charge in [-0.3, -0.25) is 0 Å². The first kappa shape index (κ1) is 12.0. The van der Waals surface area contributed by atoms with Crippen LogP contribution in [0.4, 0.5) is 0 Å². The van der Waals surface area contributed by atoms with Gasteiger partial charge in [0.2, 0.25) is 0 Å². The van der Waals surface area contributed by atoms with Crippen molar-refractivity contribution < 1.29 is 9.84 Å². The topological polar surface area (TPSA) is 55.5 Å². The summed E-state index contributed by atoms with van der Waals surface area (Å²) in [6, 6.07) is 0. The minimum atomic E-state index is -0.324. The SMILES string of the molecule is CCCOCCC1CCCC1(N)CO. The van der Waals surface area contributed by atoms with Crippen LogP contribution in [0.15, 0.2) is 0 Å². The highest BCUT2D eigenvalue weighted by molar-refractivity contribution is 4.95. The number of hydrogen-bond donors (Lipinski definition) is 2. The molecule has 0 saturated heterocycles. The molecule has 0 aliphatic heterocycles. The fraction of sp³-hybridized carbons (Fsp3) is 1.00. The van der Waals surface area contributed by atoms with Gasteiger partial charge in [0.15, 0.2) is 0 Å². The Labute approximate surface area is 86.6 Å². The van der Waals surface area contributed by atoms with E-state index >= 15 is 0 Å². The van der Waals surface area contributed by atoms with E-state index in [1.807, 2.05) is 0 Å². The molecule has 0 aromatic rings. The van der Waals surface area contributed by atoms with Crippen molar-refractivity contribution in [2.45, 2.75) is 44.6 Å². The minimum absolute atomic E-state index is 0.117.